The Kier molecular flexibility index (Phi) is 14.2. The minimum Gasteiger partial charge on any atom is -0.497 e. The zero-order valence-electron chi connectivity index (χ0n) is 35.0. The largest absolute Gasteiger partial charge is 0.497 e. The molecule has 7 rings (SSSR count). The molecule has 6 aromatic rings. The maximum atomic E-state index is 13.7. The molecule has 1 aliphatic rings. The summed E-state index contributed by atoms with van der Waals surface area (Å²) in [7, 11) is 2.05. The molecule has 0 bridgehead atoms. The van der Waals surface area contributed by atoms with Gasteiger partial charge < -0.3 is 29.4 Å². The fourth-order valence-corrected chi connectivity index (χ4v) is 9.24. The third kappa shape index (κ3) is 10.8. The number of hydrogen-bond acceptors (Lipinski definition) is 12. The van der Waals surface area contributed by atoms with Crippen molar-refractivity contribution in [3.63, 3.8) is 0 Å². The van der Waals surface area contributed by atoms with E-state index in [4.69, 9.17) is 29.4 Å². The van der Waals surface area contributed by atoms with E-state index in [1.807, 2.05) is 72.8 Å². The number of aromatic nitrogens is 4. The Balaban J connectivity index is 0.000000207. The van der Waals surface area contributed by atoms with Crippen molar-refractivity contribution in [2.24, 2.45) is 19.8 Å². The van der Waals surface area contributed by atoms with Crippen LogP contribution in [0.2, 0.25) is 0 Å². The third-order valence-corrected chi connectivity index (χ3v) is 13.4. The molecule has 324 valence electrons. The van der Waals surface area contributed by atoms with Gasteiger partial charge in [0.15, 0.2) is 10.1 Å². The molecule has 0 amide bonds. The van der Waals surface area contributed by atoms with Crippen molar-refractivity contribution >= 4 is 20.0 Å². The third-order valence-electron chi connectivity index (χ3n) is 10.1. The molecule has 0 atom stereocenters. The first kappa shape index (κ1) is 44.8. The normalized spacial score (nSPS) is 13.6. The lowest BCUT2D eigenvalue weighted by Gasteiger charge is -2.37. The van der Waals surface area contributed by atoms with Gasteiger partial charge in [-0.25, -0.2) is 16.8 Å². The average Bonchev–Trinajstić information content (AvgIpc) is 3.90. The fraction of sp³-hybridized carbons (Fsp3) is 0.302. The smallest absolute Gasteiger partial charge is 0.263 e. The number of methoxy groups -OCH3 is 4. The number of sulfonamides is 2. The first-order chi connectivity index (χ1) is 29.2. The van der Waals surface area contributed by atoms with E-state index in [2.05, 4.69) is 10.2 Å². The van der Waals surface area contributed by atoms with Crippen LogP contribution in [0.3, 0.4) is 0 Å². The molecule has 2 aromatic heterocycles. The summed E-state index contributed by atoms with van der Waals surface area (Å²) in [5, 5.41) is 8.37. The van der Waals surface area contributed by atoms with Gasteiger partial charge in [-0.05, 0) is 76.9 Å². The van der Waals surface area contributed by atoms with Gasteiger partial charge in [0.25, 0.3) is 20.0 Å². The van der Waals surface area contributed by atoms with Crippen molar-refractivity contribution in [1.82, 2.24) is 28.2 Å². The van der Waals surface area contributed by atoms with Crippen molar-refractivity contribution < 1.29 is 40.5 Å². The summed E-state index contributed by atoms with van der Waals surface area (Å²) in [5.41, 5.74) is 9.60. The molecule has 1 saturated heterocycles. The Hall–Kier alpha value is -5.76. The van der Waals surface area contributed by atoms with Crippen molar-refractivity contribution in [2.75, 3.05) is 41.7 Å². The number of aryl methyl sites for hydroxylation is 2. The molecule has 3 heterocycles. The van der Waals surface area contributed by atoms with Crippen LogP contribution in [0.15, 0.2) is 125 Å². The molecule has 0 spiro atoms. The van der Waals surface area contributed by atoms with Gasteiger partial charge >= 0.3 is 0 Å². The van der Waals surface area contributed by atoms with Gasteiger partial charge in [-0.15, -0.1) is 0 Å². The molecule has 0 saturated carbocycles. The predicted octanol–water partition coefficient (Wildman–Crippen LogP) is 4.84. The van der Waals surface area contributed by atoms with E-state index in [1.54, 1.807) is 79.1 Å². The van der Waals surface area contributed by atoms with E-state index in [-0.39, 0.29) is 36.2 Å². The Morgan fingerprint density at radius 1 is 0.574 bits per heavy atom. The van der Waals surface area contributed by atoms with Crippen LogP contribution in [0.4, 0.5) is 0 Å². The van der Waals surface area contributed by atoms with Crippen LogP contribution in [0.25, 0.3) is 0 Å². The lowest BCUT2D eigenvalue weighted by Crippen LogP contribution is -2.55. The molecule has 0 unspecified atom stereocenters. The summed E-state index contributed by atoms with van der Waals surface area (Å²) in [5.74, 6) is 2.85. The molecule has 0 aliphatic carbocycles. The summed E-state index contributed by atoms with van der Waals surface area (Å²) in [6.07, 6.45) is 1.62. The van der Waals surface area contributed by atoms with Gasteiger partial charge in [0.05, 0.1) is 47.3 Å². The second-order valence-electron chi connectivity index (χ2n) is 14.4. The molecular weight excluding hydrogens is 823 g/mol. The summed E-state index contributed by atoms with van der Waals surface area (Å²) in [6, 6.07) is 32.3. The maximum absolute atomic E-state index is 13.7. The highest BCUT2D eigenvalue weighted by molar-refractivity contribution is 7.89. The standard InChI is InChI=1S/C23H28N4O5S.C20H23N3O4S/c1-26-21(23(24)15-32-16-23)12-22(25-26)33(28,29)27(13-17-4-8-19(30-2)9-5-17)14-18-6-10-20(31-3)11-7-18;1-22-13-12-20(21-22)28(24,25)23(14-16-4-8-18(26-2)9-5-16)15-17-6-10-19(27-3)11-7-17/h4-12H,13-16,24H2,1-3H3;4-13H,14-15H2,1-3H3. The molecule has 1 fully saturated rings. The number of hydrogen-bond donors (Lipinski definition) is 1. The van der Waals surface area contributed by atoms with E-state index in [9.17, 15) is 16.8 Å². The van der Waals surface area contributed by atoms with Gasteiger partial charge in [0.2, 0.25) is 0 Å². The molecule has 4 aromatic carbocycles. The van der Waals surface area contributed by atoms with Crippen LogP contribution < -0.4 is 24.7 Å². The number of ether oxygens (including phenoxy) is 5. The highest BCUT2D eigenvalue weighted by atomic mass is 32.2. The Labute approximate surface area is 357 Å². The lowest BCUT2D eigenvalue weighted by atomic mass is 9.95. The quantitative estimate of drug-likeness (QED) is 0.132. The van der Waals surface area contributed by atoms with Gasteiger partial charge in [0.1, 0.15) is 28.5 Å². The average molecular weight is 874 g/mol. The van der Waals surface area contributed by atoms with Crippen molar-refractivity contribution in [3.8, 4) is 23.0 Å². The van der Waals surface area contributed by atoms with Crippen molar-refractivity contribution in [2.45, 2.75) is 41.8 Å². The second kappa shape index (κ2) is 19.3. The SMILES string of the molecule is COc1ccc(CN(Cc2ccc(OC)cc2)S(=O)(=O)c2cc(C3(N)COC3)n(C)n2)cc1.COc1ccc(CN(Cc2ccc(OC)cc2)S(=O)(=O)c2ccn(C)n2)cc1. The maximum Gasteiger partial charge on any atom is 0.263 e. The number of nitrogens with zero attached hydrogens (tertiary/aromatic N) is 6. The molecule has 61 heavy (non-hydrogen) atoms. The Morgan fingerprint density at radius 2 is 0.918 bits per heavy atom. The predicted molar refractivity (Wildman–Crippen MR) is 228 cm³/mol. The van der Waals surface area contributed by atoms with Crippen LogP contribution in [0.5, 0.6) is 23.0 Å². The molecule has 18 heteroatoms. The monoisotopic (exact) mass is 873 g/mol. The molecule has 2 N–H and O–H groups in total. The zero-order chi connectivity index (χ0) is 43.8. The molecule has 16 nitrogen and oxygen atoms in total. The van der Waals surface area contributed by atoms with E-state index in [0.29, 0.717) is 30.4 Å². The summed E-state index contributed by atoms with van der Waals surface area (Å²) >= 11 is 0. The second-order valence-corrected chi connectivity index (χ2v) is 18.2. The van der Waals surface area contributed by atoms with E-state index >= 15 is 0 Å². The van der Waals surface area contributed by atoms with Gasteiger partial charge in [0, 0.05) is 52.5 Å². The highest BCUT2D eigenvalue weighted by Crippen LogP contribution is 2.30. The first-order valence-corrected chi connectivity index (χ1v) is 22.0. The van der Waals surface area contributed by atoms with E-state index in [0.717, 1.165) is 33.8 Å². The minimum absolute atomic E-state index is 0.0250. The van der Waals surface area contributed by atoms with Crippen molar-refractivity contribution in [3.05, 3.63) is 143 Å². The van der Waals surface area contributed by atoms with Gasteiger partial charge in [-0.3, -0.25) is 9.36 Å². The van der Waals surface area contributed by atoms with Crippen LogP contribution >= 0.6 is 0 Å². The van der Waals surface area contributed by atoms with Crippen LogP contribution in [-0.2, 0) is 70.6 Å². The first-order valence-electron chi connectivity index (χ1n) is 19.1. The van der Waals surface area contributed by atoms with Crippen LogP contribution in [0, 0.1) is 0 Å². The summed E-state index contributed by atoms with van der Waals surface area (Å²) < 4.78 is 85.7. The van der Waals surface area contributed by atoms with Crippen LogP contribution in [0.1, 0.15) is 27.9 Å². The van der Waals surface area contributed by atoms with Crippen LogP contribution in [-0.4, -0.2) is 86.7 Å². The molecule has 0 radical (unpaired) electrons. The minimum atomic E-state index is -3.93. The van der Waals surface area contributed by atoms with Crippen molar-refractivity contribution in [1.29, 1.82) is 0 Å². The number of benzene rings is 4. The Morgan fingerprint density at radius 3 is 1.20 bits per heavy atom. The lowest BCUT2D eigenvalue weighted by molar-refractivity contribution is -0.0607. The zero-order valence-corrected chi connectivity index (χ0v) is 36.6. The summed E-state index contributed by atoms with van der Waals surface area (Å²) in [4.78, 5) is 0. The van der Waals surface area contributed by atoms with Gasteiger partial charge in [-0.2, -0.15) is 18.8 Å². The van der Waals surface area contributed by atoms with E-state index < -0.39 is 25.6 Å². The Bertz CT molecular complexity index is 2480. The van der Waals surface area contributed by atoms with E-state index in [1.165, 1.54) is 24.0 Å². The molecular formula is C43H51N7O9S2. The molecule has 1 aliphatic heterocycles. The number of rotatable bonds is 17. The number of nitrogens with two attached hydrogens (primary N) is 1. The fourth-order valence-electron chi connectivity index (χ4n) is 6.49. The summed E-state index contributed by atoms with van der Waals surface area (Å²) in [6.45, 7) is 1.42. The highest BCUT2D eigenvalue weighted by Gasteiger charge is 2.41. The topological polar surface area (TPSA) is 183 Å². The van der Waals surface area contributed by atoms with Gasteiger partial charge in [-0.1, -0.05) is 48.5 Å².